The summed E-state index contributed by atoms with van der Waals surface area (Å²) in [5.41, 5.74) is 0. The normalized spacial score (nSPS) is 15.6. The van der Waals surface area contributed by atoms with Crippen LogP contribution in [0.5, 0.6) is 0 Å². The van der Waals surface area contributed by atoms with Crippen LogP contribution in [0.1, 0.15) is 58.3 Å². The maximum atomic E-state index is 11.4. The van der Waals surface area contributed by atoms with Crippen LogP contribution < -0.4 is 5.32 Å². The number of carbonyl (C=O) groups is 1. The lowest BCUT2D eigenvalue weighted by Gasteiger charge is -2.02. The molecule has 2 heteroatoms. The first-order chi connectivity index (χ1) is 7.83. The van der Waals surface area contributed by atoms with Crippen molar-refractivity contribution in [1.82, 2.24) is 5.32 Å². The van der Waals surface area contributed by atoms with E-state index in [9.17, 15) is 4.79 Å². The lowest BCUT2D eigenvalue weighted by Crippen LogP contribution is -2.23. The first-order valence-electron chi connectivity index (χ1n) is 6.76. The molecule has 0 unspecified atom stereocenters. The van der Waals surface area contributed by atoms with Gasteiger partial charge in [0.25, 0.3) is 0 Å². The molecule has 1 rings (SSSR count). The molecule has 0 atom stereocenters. The van der Waals surface area contributed by atoms with Crippen LogP contribution in [0.25, 0.3) is 0 Å². The lowest BCUT2D eigenvalue weighted by atomic mass is 10.1. The molecule has 16 heavy (non-hydrogen) atoms. The number of nitrogens with one attached hydrogen (secondary N) is 1. The molecular weight excluding hydrogens is 198 g/mol. The Morgan fingerprint density at radius 2 is 2.00 bits per heavy atom. The molecule has 0 heterocycles. The summed E-state index contributed by atoms with van der Waals surface area (Å²) in [7, 11) is 0. The molecule has 0 aliphatic heterocycles. The summed E-state index contributed by atoms with van der Waals surface area (Å²) in [5.74, 6) is 0.953. The zero-order valence-corrected chi connectivity index (χ0v) is 10.5. The van der Waals surface area contributed by atoms with Gasteiger partial charge in [-0.3, -0.25) is 4.79 Å². The summed E-state index contributed by atoms with van der Waals surface area (Å²) < 4.78 is 0. The number of amides is 1. The maximum Gasteiger partial charge on any atom is 0.223 e. The fourth-order valence-corrected chi connectivity index (χ4v) is 1.68. The second-order valence-electron chi connectivity index (χ2n) is 4.73. The number of hydrogen-bond donors (Lipinski definition) is 1. The van der Waals surface area contributed by atoms with Gasteiger partial charge in [-0.05, 0) is 25.2 Å². The van der Waals surface area contributed by atoms with Gasteiger partial charge in [0.15, 0.2) is 0 Å². The van der Waals surface area contributed by atoms with Crippen LogP contribution in [0.15, 0.2) is 12.2 Å². The first-order valence-corrected chi connectivity index (χ1v) is 6.76. The van der Waals surface area contributed by atoms with Crippen molar-refractivity contribution in [2.75, 3.05) is 6.54 Å². The Bertz CT molecular complexity index is 219. The van der Waals surface area contributed by atoms with Crippen molar-refractivity contribution in [2.24, 2.45) is 5.92 Å². The number of unbranched alkanes of at least 4 members (excludes halogenated alkanes) is 4. The minimum absolute atomic E-state index is 0.174. The lowest BCUT2D eigenvalue weighted by molar-refractivity contribution is -0.120. The van der Waals surface area contributed by atoms with Gasteiger partial charge in [-0.25, -0.2) is 0 Å². The summed E-state index contributed by atoms with van der Waals surface area (Å²) in [6, 6.07) is 0. The quantitative estimate of drug-likeness (QED) is 0.471. The highest BCUT2D eigenvalue weighted by atomic mass is 16.1. The van der Waals surface area contributed by atoms with Gasteiger partial charge in [-0.2, -0.15) is 0 Å². The Labute approximate surface area is 99.5 Å². The van der Waals surface area contributed by atoms with Crippen molar-refractivity contribution >= 4 is 5.91 Å². The minimum atomic E-state index is 0.174. The highest BCUT2D eigenvalue weighted by Crippen LogP contribution is 2.30. The predicted molar refractivity (Wildman–Crippen MR) is 68.2 cm³/mol. The molecule has 2 nitrogen and oxygen atoms in total. The minimum Gasteiger partial charge on any atom is -0.356 e. The molecule has 1 N–H and O–H groups in total. The monoisotopic (exact) mass is 223 g/mol. The number of allylic oxidation sites excluding steroid dienone is 1. The van der Waals surface area contributed by atoms with Crippen molar-refractivity contribution in [3.63, 3.8) is 0 Å². The van der Waals surface area contributed by atoms with E-state index in [2.05, 4.69) is 18.3 Å². The zero-order chi connectivity index (χ0) is 11.6. The third kappa shape index (κ3) is 7.49. The fourth-order valence-electron chi connectivity index (χ4n) is 1.68. The van der Waals surface area contributed by atoms with Gasteiger partial charge < -0.3 is 5.32 Å². The molecule has 1 aliphatic rings. The van der Waals surface area contributed by atoms with E-state index in [1.165, 1.54) is 38.5 Å². The highest BCUT2D eigenvalue weighted by molar-refractivity contribution is 5.77. The molecule has 1 aliphatic carbocycles. The Balaban J connectivity index is 1.85. The van der Waals surface area contributed by atoms with Crippen LogP contribution in [0, 0.1) is 5.92 Å². The van der Waals surface area contributed by atoms with E-state index in [4.69, 9.17) is 0 Å². The third-order valence-corrected chi connectivity index (χ3v) is 2.94. The molecule has 1 amide bonds. The Kier molecular flexibility index (Phi) is 6.95. The molecule has 0 aromatic carbocycles. The highest BCUT2D eigenvalue weighted by Gasteiger charge is 2.16. The van der Waals surface area contributed by atoms with E-state index < -0.39 is 0 Å². The molecule has 0 aromatic rings. The van der Waals surface area contributed by atoms with Crippen molar-refractivity contribution in [3.8, 4) is 0 Å². The Morgan fingerprint density at radius 1 is 1.25 bits per heavy atom. The van der Waals surface area contributed by atoms with Crippen molar-refractivity contribution in [1.29, 1.82) is 0 Å². The van der Waals surface area contributed by atoms with Crippen LogP contribution in [0.4, 0.5) is 0 Å². The van der Waals surface area contributed by atoms with E-state index >= 15 is 0 Å². The molecule has 0 aromatic heterocycles. The van der Waals surface area contributed by atoms with Gasteiger partial charge in [0.05, 0.1) is 0 Å². The van der Waals surface area contributed by atoms with E-state index in [0.29, 0.717) is 6.42 Å². The van der Waals surface area contributed by atoms with E-state index in [1.807, 2.05) is 6.08 Å². The smallest absolute Gasteiger partial charge is 0.223 e. The molecule has 1 fully saturated rings. The van der Waals surface area contributed by atoms with Crippen molar-refractivity contribution in [2.45, 2.75) is 58.3 Å². The van der Waals surface area contributed by atoms with Gasteiger partial charge in [-0.15, -0.1) is 0 Å². The third-order valence-electron chi connectivity index (χ3n) is 2.94. The van der Waals surface area contributed by atoms with Gasteiger partial charge in [0, 0.05) is 13.0 Å². The second-order valence-corrected chi connectivity index (χ2v) is 4.73. The SMILES string of the molecule is CCCCCCCNC(=O)CC=CC1CC1. The number of rotatable bonds is 9. The van der Waals surface area contributed by atoms with Crippen LogP contribution in [-0.2, 0) is 4.79 Å². The number of hydrogen-bond acceptors (Lipinski definition) is 1. The van der Waals surface area contributed by atoms with E-state index in [1.54, 1.807) is 0 Å². The standard InChI is InChI=1S/C14H25NO/c1-2-3-4-5-6-12-15-14(16)9-7-8-13-10-11-13/h7-8,13H,2-6,9-12H2,1H3,(H,15,16). The van der Waals surface area contributed by atoms with Crippen LogP contribution in [0.3, 0.4) is 0 Å². The van der Waals surface area contributed by atoms with Crippen molar-refractivity contribution in [3.05, 3.63) is 12.2 Å². The molecular formula is C14H25NO. The summed E-state index contributed by atoms with van der Waals surface area (Å²) in [4.78, 5) is 11.4. The average molecular weight is 223 g/mol. The summed E-state index contributed by atoms with van der Waals surface area (Å²) in [6.07, 6.45) is 13.6. The summed E-state index contributed by atoms with van der Waals surface area (Å²) in [5, 5.41) is 2.96. The van der Waals surface area contributed by atoms with Crippen molar-refractivity contribution < 1.29 is 4.79 Å². The molecule has 92 valence electrons. The predicted octanol–water partition coefficient (Wildman–Crippen LogP) is 3.43. The van der Waals surface area contributed by atoms with E-state index in [-0.39, 0.29) is 5.91 Å². The molecule has 0 spiro atoms. The summed E-state index contributed by atoms with van der Waals surface area (Å²) in [6.45, 7) is 3.06. The van der Waals surface area contributed by atoms with Gasteiger partial charge >= 0.3 is 0 Å². The molecule has 0 bridgehead atoms. The van der Waals surface area contributed by atoms with Crippen LogP contribution in [-0.4, -0.2) is 12.5 Å². The van der Waals surface area contributed by atoms with Gasteiger partial charge in [0.1, 0.15) is 0 Å². The maximum absolute atomic E-state index is 11.4. The second kappa shape index (κ2) is 8.37. The topological polar surface area (TPSA) is 29.1 Å². The Hall–Kier alpha value is -0.790. The summed E-state index contributed by atoms with van der Waals surface area (Å²) >= 11 is 0. The average Bonchev–Trinajstić information content (AvgIpc) is 3.07. The van der Waals surface area contributed by atoms with Crippen LogP contribution >= 0.6 is 0 Å². The van der Waals surface area contributed by atoms with Gasteiger partial charge in [-0.1, -0.05) is 44.8 Å². The molecule has 1 saturated carbocycles. The number of carbonyl (C=O) groups excluding carboxylic acids is 1. The fraction of sp³-hybridized carbons (Fsp3) is 0.786. The van der Waals surface area contributed by atoms with E-state index in [0.717, 1.165) is 18.9 Å². The molecule has 0 radical (unpaired) electrons. The first kappa shape index (κ1) is 13.3. The Morgan fingerprint density at radius 3 is 2.69 bits per heavy atom. The van der Waals surface area contributed by atoms with Gasteiger partial charge in [0.2, 0.25) is 5.91 Å². The molecule has 0 saturated heterocycles. The largest absolute Gasteiger partial charge is 0.356 e. The van der Waals surface area contributed by atoms with Crippen LogP contribution in [0.2, 0.25) is 0 Å². The zero-order valence-electron chi connectivity index (χ0n) is 10.5.